The number of carbonyl (C=O) groups excluding carboxylic acids is 2. The summed E-state index contributed by atoms with van der Waals surface area (Å²) in [4.78, 5) is 33.0. The number of carbonyl (C=O) groups is 2. The Hall–Kier alpha value is -2.11. The van der Waals surface area contributed by atoms with Crippen molar-refractivity contribution in [1.82, 2.24) is 20.1 Å². The second-order valence-electron chi connectivity index (χ2n) is 7.59. The maximum atomic E-state index is 12.6. The predicted octanol–water partition coefficient (Wildman–Crippen LogP) is 2.83. The Morgan fingerprint density at radius 3 is 2.54 bits per heavy atom. The first-order valence-corrected chi connectivity index (χ1v) is 9.84. The number of piperidine rings is 1. The zero-order valence-corrected chi connectivity index (χ0v) is 15.9. The standard InChI is InChI=1S/C20H30N4O2/c1-3-4-16-7-10-23(11-8-16)20(26)22-18-9-12-24(14-18)19(25)17-6-5-15(2)21-13-17/h5-6,13,16,18H,3-4,7-12,14H2,1-2H3,(H,22,26). The van der Waals surface area contributed by atoms with E-state index in [4.69, 9.17) is 0 Å². The number of likely N-dealkylation sites (tertiary alicyclic amines) is 2. The Bertz CT molecular complexity index is 623. The molecule has 3 rings (SSSR count). The Kier molecular flexibility index (Phi) is 6.12. The summed E-state index contributed by atoms with van der Waals surface area (Å²) >= 11 is 0. The van der Waals surface area contributed by atoms with Crippen molar-refractivity contribution in [2.45, 2.75) is 52.0 Å². The van der Waals surface area contributed by atoms with Crippen molar-refractivity contribution >= 4 is 11.9 Å². The normalized spacial score (nSPS) is 21.1. The van der Waals surface area contributed by atoms with Crippen LogP contribution in [0.4, 0.5) is 4.79 Å². The molecule has 2 aliphatic heterocycles. The van der Waals surface area contributed by atoms with Crippen LogP contribution in [0, 0.1) is 12.8 Å². The van der Waals surface area contributed by atoms with Crippen LogP contribution < -0.4 is 5.32 Å². The number of nitrogens with zero attached hydrogens (tertiary/aromatic N) is 3. The first kappa shape index (κ1) is 18.7. The highest BCUT2D eigenvalue weighted by molar-refractivity contribution is 5.94. The van der Waals surface area contributed by atoms with Gasteiger partial charge >= 0.3 is 6.03 Å². The van der Waals surface area contributed by atoms with Crippen LogP contribution in [0.1, 0.15) is 55.1 Å². The van der Waals surface area contributed by atoms with Gasteiger partial charge in [-0.25, -0.2) is 4.79 Å². The molecule has 6 heteroatoms. The summed E-state index contributed by atoms with van der Waals surface area (Å²) in [5.41, 5.74) is 1.51. The average molecular weight is 358 g/mol. The average Bonchev–Trinajstić information content (AvgIpc) is 3.11. The van der Waals surface area contributed by atoms with Crippen molar-refractivity contribution in [1.29, 1.82) is 0 Å². The smallest absolute Gasteiger partial charge is 0.317 e. The second-order valence-corrected chi connectivity index (χ2v) is 7.59. The van der Waals surface area contributed by atoms with E-state index in [1.165, 1.54) is 12.8 Å². The quantitative estimate of drug-likeness (QED) is 0.900. The molecule has 2 aliphatic rings. The predicted molar refractivity (Wildman–Crippen MR) is 101 cm³/mol. The van der Waals surface area contributed by atoms with E-state index in [0.29, 0.717) is 18.7 Å². The van der Waals surface area contributed by atoms with Gasteiger partial charge in [-0.2, -0.15) is 0 Å². The van der Waals surface area contributed by atoms with Crippen LogP contribution in [0.25, 0.3) is 0 Å². The van der Waals surface area contributed by atoms with Crippen LogP contribution in [0.3, 0.4) is 0 Å². The van der Waals surface area contributed by atoms with Crippen LogP contribution in [0.2, 0.25) is 0 Å². The molecule has 1 N–H and O–H groups in total. The molecule has 2 fully saturated rings. The van der Waals surface area contributed by atoms with E-state index in [9.17, 15) is 9.59 Å². The van der Waals surface area contributed by atoms with Crippen LogP contribution in [0.15, 0.2) is 18.3 Å². The summed E-state index contributed by atoms with van der Waals surface area (Å²) in [5, 5.41) is 3.12. The minimum atomic E-state index is -0.00497. The lowest BCUT2D eigenvalue weighted by molar-refractivity contribution is 0.0788. The summed E-state index contributed by atoms with van der Waals surface area (Å²) in [6, 6.07) is 3.73. The maximum absolute atomic E-state index is 12.6. The summed E-state index contributed by atoms with van der Waals surface area (Å²) in [6.07, 6.45) is 7.14. The molecule has 1 aromatic rings. The highest BCUT2D eigenvalue weighted by atomic mass is 16.2. The fraction of sp³-hybridized carbons (Fsp3) is 0.650. The van der Waals surface area contributed by atoms with Crippen molar-refractivity contribution in [3.8, 4) is 0 Å². The fourth-order valence-corrected chi connectivity index (χ4v) is 3.94. The molecular weight excluding hydrogens is 328 g/mol. The number of pyridine rings is 1. The molecule has 0 bridgehead atoms. The number of rotatable bonds is 4. The Morgan fingerprint density at radius 1 is 1.15 bits per heavy atom. The number of nitrogens with one attached hydrogen (secondary N) is 1. The molecule has 0 radical (unpaired) electrons. The molecule has 1 atom stereocenters. The summed E-state index contributed by atoms with van der Waals surface area (Å²) in [6.45, 7) is 7.07. The van der Waals surface area contributed by atoms with E-state index in [2.05, 4.69) is 17.2 Å². The van der Waals surface area contributed by atoms with Crippen molar-refractivity contribution in [2.75, 3.05) is 26.2 Å². The molecular formula is C20H30N4O2. The van der Waals surface area contributed by atoms with E-state index in [-0.39, 0.29) is 18.0 Å². The van der Waals surface area contributed by atoms with Gasteiger partial charge in [-0.3, -0.25) is 9.78 Å². The third kappa shape index (κ3) is 4.54. The number of aryl methyl sites for hydroxylation is 1. The molecule has 142 valence electrons. The van der Waals surface area contributed by atoms with Gasteiger partial charge in [-0.05, 0) is 44.2 Å². The lowest BCUT2D eigenvalue weighted by atomic mass is 9.93. The van der Waals surface area contributed by atoms with Gasteiger partial charge in [0.25, 0.3) is 5.91 Å². The summed E-state index contributed by atoms with van der Waals surface area (Å²) in [5.74, 6) is 0.765. The van der Waals surface area contributed by atoms with Crippen LogP contribution in [0.5, 0.6) is 0 Å². The number of aromatic nitrogens is 1. The van der Waals surface area contributed by atoms with Crippen molar-refractivity contribution in [3.05, 3.63) is 29.6 Å². The zero-order valence-electron chi connectivity index (χ0n) is 15.9. The van der Waals surface area contributed by atoms with Gasteiger partial charge in [0.1, 0.15) is 0 Å². The van der Waals surface area contributed by atoms with Gasteiger partial charge in [-0.15, -0.1) is 0 Å². The molecule has 1 aromatic heterocycles. The molecule has 26 heavy (non-hydrogen) atoms. The minimum absolute atomic E-state index is 0.00497. The second kappa shape index (κ2) is 8.52. The van der Waals surface area contributed by atoms with E-state index in [1.54, 1.807) is 6.20 Å². The van der Waals surface area contributed by atoms with E-state index < -0.39 is 0 Å². The number of amides is 3. The van der Waals surface area contributed by atoms with Gasteiger partial charge in [0.2, 0.25) is 0 Å². The Morgan fingerprint density at radius 2 is 1.88 bits per heavy atom. The van der Waals surface area contributed by atoms with Gasteiger partial charge in [0, 0.05) is 44.1 Å². The molecule has 1 unspecified atom stereocenters. The van der Waals surface area contributed by atoms with E-state index in [0.717, 1.165) is 44.0 Å². The molecule has 3 heterocycles. The van der Waals surface area contributed by atoms with Crippen molar-refractivity contribution < 1.29 is 9.59 Å². The number of hydrogen-bond donors (Lipinski definition) is 1. The van der Waals surface area contributed by atoms with Gasteiger partial charge in [-0.1, -0.05) is 19.8 Å². The largest absolute Gasteiger partial charge is 0.336 e. The molecule has 0 aliphatic carbocycles. The third-order valence-electron chi connectivity index (χ3n) is 5.56. The van der Waals surface area contributed by atoms with Crippen molar-refractivity contribution in [2.24, 2.45) is 5.92 Å². The molecule has 2 saturated heterocycles. The first-order valence-electron chi connectivity index (χ1n) is 9.84. The van der Waals surface area contributed by atoms with Gasteiger partial charge < -0.3 is 15.1 Å². The van der Waals surface area contributed by atoms with E-state index in [1.807, 2.05) is 28.9 Å². The van der Waals surface area contributed by atoms with Gasteiger partial charge in [0.05, 0.1) is 5.56 Å². The molecule has 3 amide bonds. The Balaban J connectivity index is 1.46. The minimum Gasteiger partial charge on any atom is -0.336 e. The molecule has 6 nitrogen and oxygen atoms in total. The first-order chi connectivity index (χ1) is 12.6. The van der Waals surface area contributed by atoms with Crippen molar-refractivity contribution in [3.63, 3.8) is 0 Å². The highest BCUT2D eigenvalue weighted by Crippen LogP contribution is 2.22. The number of hydrogen-bond acceptors (Lipinski definition) is 3. The van der Waals surface area contributed by atoms with E-state index >= 15 is 0 Å². The third-order valence-corrected chi connectivity index (χ3v) is 5.56. The SMILES string of the molecule is CCCC1CCN(C(=O)NC2CCN(C(=O)c3ccc(C)nc3)C2)CC1. The molecule has 0 spiro atoms. The molecule has 0 saturated carbocycles. The zero-order chi connectivity index (χ0) is 18.5. The lowest BCUT2D eigenvalue weighted by Gasteiger charge is -2.32. The van der Waals surface area contributed by atoms with Crippen LogP contribution in [-0.4, -0.2) is 58.9 Å². The summed E-state index contributed by atoms with van der Waals surface area (Å²) in [7, 11) is 0. The maximum Gasteiger partial charge on any atom is 0.317 e. The Labute approximate surface area is 156 Å². The number of urea groups is 1. The molecule has 0 aromatic carbocycles. The highest BCUT2D eigenvalue weighted by Gasteiger charge is 2.30. The fourth-order valence-electron chi connectivity index (χ4n) is 3.94. The van der Waals surface area contributed by atoms with Gasteiger partial charge in [0.15, 0.2) is 0 Å². The van der Waals surface area contributed by atoms with Crippen LogP contribution >= 0.6 is 0 Å². The monoisotopic (exact) mass is 358 g/mol. The van der Waals surface area contributed by atoms with Crippen LogP contribution in [-0.2, 0) is 0 Å². The topological polar surface area (TPSA) is 65.5 Å². The lowest BCUT2D eigenvalue weighted by Crippen LogP contribution is -2.48. The summed E-state index contributed by atoms with van der Waals surface area (Å²) < 4.78 is 0.